The molecule has 2 nitrogen and oxygen atoms in total. The van der Waals surface area contributed by atoms with Crippen LogP contribution in [0.5, 0.6) is 0 Å². The van der Waals surface area contributed by atoms with Gasteiger partial charge in [0.05, 0.1) is 6.10 Å². The molecule has 1 heterocycles. The molecule has 0 radical (unpaired) electrons. The van der Waals surface area contributed by atoms with E-state index in [0.717, 1.165) is 12.5 Å². The van der Waals surface area contributed by atoms with Crippen LogP contribution >= 0.6 is 0 Å². The van der Waals surface area contributed by atoms with E-state index in [9.17, 15) is 0 Å². The van der Waals surface area contributed by atoms with E-state index in [0.29, 0.717) is 12.1 Å². The molecule has 90 valence electrons. The van der Waals surface area contributed by atoms with Crippen molar-refractivity contribution in [1.82, 2.24) is 5.32 Å². The summed E-state index contributed by atoms with van der Waals surface area (Å²) in [6.45, 7) is 5.58. The fourth-order valence-corrected chi connectivity index (χ4v) is 2.71. The second-order valence-electron chi connectivity index (χ2n) is 4.68. The Bertz CT molecular complexity index is 151. The van der Waals surface area contributed by atoms with Gasteiger partial charge in [-0.3, -0.25) is 0 Å². The molecule has 15 heavy (non-hydrogen) atoms. The highest BCUT2D eigenvalue weighted by Crippen LogP contribution is 2.22. The van der Waals surface area contributed by atoms with Crippen molar-refractivity contribution < 1.29 is 4.74 Å². The van der Waals surface area contributed by atoms with E-state index < -0.39 is 0 Å². The predicted molar refractivity (Wildman–Crippen MR) is 65.1 cm³/mol. The average Bonchev–Trinajstić information content (AvgIpc) is 2.77. The maximum absolute atomic E-state index is 5.67. The molecule has 1 N–H and O–H groups in total. The monoisotopic (exact) mass is 213 g/mol. The van der Waals surface area contributed by atoms with Gasteiger partial charge < -0.3 is 10.1 Å². The summed E-state index contributed by atoms with van der Waals surface area (Å²) in [5.41, 5.74) is 0. The van der Waals surface area contributed by atoms with Gasteiger partial charge in [-0.05, 0) is 38.6 Å². The van der Waals surface area contributed by atoms with Crippen LogP contribution in [-0.4, -0.2) is 25.8 Å². The smallest absolute Gasteiger partial charge is 0.0576 e. The molecule has 1 saturated heterocycles. The van der Waals surface area contributed by atoms with Crippen LogP contribution in [0.4, 0.5) is 0 Å². The van der Waals surface area contributed by atoms with Crippen LogP contribution in [0.25, 0.3) is 0 Å². The number of nitrogens with one attached hydrogen (secondary N) is 1. The van der Waals surface area contributed by atoms with Crippen LogP contribution in [0.1, 0.15) is 52.4 Å². The molecule has 0 aromatic heterocycles. The van der Waals surface area contributed by atoms with Gasteiger partial charge in [-0.2, -0.15) is 0 Å². The molecular formula is C13H27NO. The zero-order valence-electron chi connectivity index (χ0n) is 10.6. The molecule has 1 fully saturated rings. The average molecular weight is 213 g/mol. The quantitative estimate of drug-likeness (QED) is 0.702. The van der Waals surface area contributed by atoms with Crippen molar-refractivity contribution in [2.75, 3.05) is 13.7 Å². The molecule has 2 heteroatoms. The fraction of sp³-hybridized carbons (Fsp3) is 1.00. The summed E-state index contributed by atoms with van der Waals surface area (Å²) in [7, 11) is 2.10. The third-order valence-electron chi connectivity index (χ3n) is 3.81. The minimum Gasteiger partial charge on any atom is -0.378 e. The Labute approximate surface area is 94.8 Å². The van der Waals surface area contributed by atoms with Crippen molar-refractivity contribution in [3.8, 4) is 0 Å². The van der Waals surface area contributed by atoms with E-state index >= 15 is 0 Å². The van der Waals surface area contributed by atoms with Gasteiger partial charge in [0.15, 0.2) is 0 Å². The lowest BCUT2D eigenvalue weighted by Crippen LogP contribution is -2.33. The van der Waals surface area contributed by atoms with E-state index in [-0.39, 0.29) is 0 Å². The Hall–Kier alpha value is -0.0800. The van der Waals surface area contributed by atoms with E-state index in [1.54, 1.807) is 0 Å². The van der Waals surface area contributed by atoms with E-state index in [2.05, 4.69) is 26.2 Å². The lowest BCUT2D eigenvalue weighted by molar-refractivity contribution is 0.0971. The molecule has 0 amide bonds. The van der Waals surface area contributed by atoms with Crippen LogP contribution in [-0.2, 0) is 4.74 Å². The third kappa shape index (κ3) is 4.12. The number of rotatable bonds is 7. The van der Waals surface area contributed by atoms with E-state index in [1.807, 2.05) is 0 Å². The largest absolute Gasteiger partial charge is 0.378 e. The molecule has 1 aliphatic heterocycles. The zero-order valence-corrected chi connectivity index (χ0v) is 10.6. The van der Waals surface area contributed by atoms with Crippen LogP contribution in [0, 0.1) is 5.92 Å². The van der Waals surface area contributed by atoms with E-state index in [1.165, 1.54) is 38.5 Å². The molecule has 0 spiro atoms. The van der Waals surface area contributed by atoms with Gasteiger partial charge in [-0.25, -0.2) is 0 Å². The Morgan fingerprint density at radius 3 is 2.53 bits per heavy atom. The minimum absolute atomic E-state index is 0.551. The highest BCUT2D eigenvalue weighted by molar-refractivity contribution is 4.76. The first-order valence-corrected chi connectivity index (χ1v) is 6.60. The Morgan fingerprint density at radius 2 is 2.07 bits per heavy atom. The maximum Gasteiger partial charge on any atom is 0.0576 e. The number of hydrogen-bond acceptors (Lipinski definition) is 2. The van der Waals surface area contributed by atoms with Gasteiger partial charge in [0.2, 0.25) is 0 Å². The van der Waals surface area contributed by atoms with Crippen molar-refractivity contribution in [2.24, 2.45) is 5.92 Å². The van der Waals surface area contributed by atoms with Crippen molar-refractivity contribution in [3.05, 3.63) is 0 Å². The molecule has 0 aliphatic carbocycles. The third-order valence-corrected chi connectivity index (χ3v) is 3.81. The first kappa shape index (κ1) is 13.0. The zero-order chi connectivity index (χ0) is 11.1. The topological polar surface area (TPSA) is 21.3 Å². The highest BCUT2D eigenvalue weighted by Gasteiger charge is 2.20. The van der Waals surface area contributed by atoms with Gasteiger partial charge in [0.25, 0.3) is 0 Å². The SMILES string of the molecule is CCC(CC)C(CCC1CCCO1)NC. The lowest BCUT2D eigenvalue weighted by Gasteiger charge is -2.25. The summed E-state index contributed by atoms with van der Waals surface area (Å²) in [5, 5.41) is 3.47. The molecular weight excluding hydrogens is 186 g/mol. The summed E-state index contributed by atoms with van der Waals surface area (Å²) in [5.74, 6) is 0.830. The summed E-state index contributed by atoms with van der Waals surface area (Å²) < 4.78 is 5.67. The molecule has 2 unspecified atom stereocenters. The summed E-state index contributed by atoms with van der Waals surface area (Å²) in [6, 6.07) is 0.684. The Kier molecular flexibility index (Phi) is 6.26. The molecule has 0 saturated carbocycles. The Balaban J connectivity index is 2.25. The Morgan fingerprint density at radius 1 is 1.33 bits per heavy atom. The van der Waals surface area contributed by atoms with Crippen molar-refractivity contribution in [1.29, 1.82) is 0 Å². The second kappa shape index (κ2) is 7.24. The fourth-order valence-electron chi connectivity index (χ4n) is 2.71. The van der Waals surface area contributed by atoms with Gasteiger partial charge in [-0.15, -0.1) is 0 Å². The molecule has 2 atom stereocenters. The second-order valence-corrected chi connectivity index (χ2v) is 4.68. The molecule has 0 aromatic carbocycles. The molecule has 1 rings (SSSR count). The summed E-state index contributed by atoms with van der Waals surface area (Å²) >= 11 is 0. The van der Waals surface area contributed by atoms with Crippen molar-refractivity contribution in [2.45, 2.75) is 64.5 Å². The van der Waals surface area contributed by atoms with Gasteiger partial charge >= 0.3 is 0 Å². The van der Waals surface area contributed by atoms with Gasteiger partial charge in [0.1, 0.15) is 0 Å². The van der Waals surface area contributed by atoms with Crippen molar-refractivity contribution in [3.63, 3.8) is 0 Å². The number of ether oxygens (including phenoxy) is 1. The van der Waals surface area contributed by atoms with Crippen LogP contribution in [0.2, 0.25) is 0 Å². The van der Waals surface area contributed by atoms with Gasteiger partial charge in [-0.1, -0.05) is 26.7 Å². The number of hydrogen-bond donors (Lipinski definition) is 1. The summed E-state index contributed by atoms with van der Waals surface area (Å²) in [4.78, 5) is 0. The van der Waals surface area contributed by atoms with Crippen LogP contribution in [0.15, 0.2) is 0 Å². The molecule has 0 aromatic rings. The molecule has 1 aliphatic rings. The first-order chi connectivity index (χ1) is 7.31. The lowest BCUT2D eigenvalue weighted by atomic mass is 9.90. The standard InChI is InChI=1S/C13H27NO/c1-4-11(5-2)13(14-3)9-8-12-7-6-10-15-12/h11-14H,4-10H2,1-3H3. The highest BCUT2D eigenvalue weighted by atomic mass is 16.5. The van der Waals surface area contributed by atoms with Crippen molar-refractivity contribution >= 4 is 0 Å². The normalized spacial score (nSPS) is 23.6. The molecule has 0 bridgehead atoms. The van der Waals surface area contributed by atoms with E-state index in [4.69, 9.17) is 4.74 Å². The van der Waals surface area contributed by atoms with Crippen LogP contribution < -0.4 is 5.32 Å². The summed E-state index contributed by atoms with van der Waals surface area (Å²) in [6.07, 6.45) is 8.17. The minimum atomic E-state index is 0.551. The predicted octanol–water partition coefficient (Wildman–Crippen LogP) is 2.97. The van der Waals surface area contributed by atoms with Gasteiger partial charge in [0, 0.05) is 12.6 Å². The first-order valence-electron chi connectivity index (χ1n) is 6.60. The van der Waals surface area contributed by atoms with Crippen LogP contribution in [0.3, 0.4) is 0 Å². The maximum atomic E-state index is 5.67.